The van der Waals surface area contributed by atoms with E-state index >= 15 is 0 Å². The lowest BCUT2D eigenvalue weighted by atomic mass is 9.95. The van der Waals surface area contributed by atoms with Crippen molar-refractivity contribution in [2.24, 2.45) is 17.6 Å². The van der Waals surface area contributed by atoms with Crippen molar-refractivity contribution >= 4 is 17.5 Å². The van der Waals surface area contributed by atoms with Gasteiger partial charge in [0.2, 0.25) is 5.91 Å². The maximum atomic E-state index is 12.3. The molecule has 1 amide bonds. The number of benzene rings is 1. The Morgan fingerprint density at radius 3 is 2.90 bits per heavy atom. The zero-order valence-electron chi connectivity index (χ0n) is 11.9. The Hall–Kier alpha value is -1.06. The fourth-order valence-electron chi connectivity index (χ4n) is 3.06. The van der Waals surface area contributed by atoms with E-state index in [1.807, 2.05) is 31.2 Å². The van der Waals surface area contributed by atoms with Crippen molar-refractivity contribution in [1.82, 2.24) is 5.32 Å². The summed E-state index contributed by atoms with van der Waals surface area (Å²) < 4.78 is 0. The van der Waals surface area contributed by atoms with Gasteiger partial charge in [0.15, 0.2) is 0 Å². The molecule has 1 aromatic carbocycles. The zero-order chi connectivity index (χ0) is 14.5. The van der Waals surface area contributed by atoms with Crippen LogP contribution in [0, 0.1) is 11.8 Å². The SMILES string of the molecule is CC(Cc1ccccc1Cl)NC(=O)C1CCCC1CN. The van der Waals surface area contributed by atoms with Gasteiger partial charge in [-0.2, -0.15) is 0 Å². The van der Waals surface area contributed by atoms with Crippen LogP contribution in [0.15, 0.2) is 24.3 Å². The van der Waals surface area contributed by atoms with Gasteiger partial charge in [-0.05, 0) is 50.3 Å². The van der Waals surface area contributed by atoms with Crippen molar-refractivity contribution in [3.8, 4) is 0 Å². The van der Waals surface area contributed by atoms with Gasteiger partial charge < -0.3 is 11.1 Å². The molecule has 3 unspecified atom stereocenters. The minimum atomic E-state index is 0.0847. The third kappa shape index (κ3) is 3.74. The topological polar surface area (TPSA) is 55.1 Å². The molecule has 1 fully saturated rings. The summed E-state index contributed by atoms with van der Waals surface area (Å²) in [6.07, 6.45) is 3.91. The average molecular weight is 295 g/mol. The highest BCUT2D eigenvalue weighted by molar-refractivity contribution is 6.31. The predicted octanol–water partition coefficient (Wildman–Crippen LogP) is 2.76. The van der Waals surface area contributed by atoms with Gasteiger partial charge in [-0.15, -0.1) is 0 Å². The Bertz CT molecular complexity index is 464. The van der Waals surface area contributed by atoms with Crippen LogP contribution in [-0.2, 0) is 11.2 Å². The number of rotatable bonds is 5. The molecule has 1 saturated carbocycles. The van der Waals surface area contributed by atoms with Crippen LogP contribution in [0.5, 0.6) is 0 Å². The molecular formula is C16H23ClN2O. The van der Waals surface area contributed by atoms with Crippen LogP contribution in [0.4, 0.5) is 0 Å². The number of amides is 1. The predicted molar refractivity (Wildman–Crippen MR) is 82.6 cm³/mol. The van der Waals surface area contributed by atoms with E-state index in [9.17, 15) is 4.79 Å². The van der Waals surface area contributed by atoms with Gasteiger partial charge in [0.05, 0.1) is 0 Å². The minimum Gasteiger partial charge on any atom is -0.353 e. The molecule has 20 heavy (non-hydrogen) atoms. The van der Waals surface area contributed by atoms with Crippen LogP contribution >= 0.6 is 11.6 Å². The van der Waals surface area contributed by atoms with Crippen molar-refractivity contribution in [3.63, 3.8) is 0 Å². The fraction of sp³-hybridized carbons (Fsp3) is 0.562. The third-order valence-electron chi connectivity index (χ3n) is 4.17. The lowest BCUT2D eigenvalue weighted by Crippen LogP contribution is -2.40. The fourth-order valence-corrected chi connectivity index (χ4v) is 3.27. The molecule has 0 aliphatic heterocycles. The Kier molecular flexibility index (Phi) is 5.44. The first-order valence-corrected chi connectivity index (χ1v) is 7.73. The molecule has 3 nitrogen and oxygen atoms in total. The molecule has 0 bridgehead atoms. The van der Waals surface area contributed by atoms with Gasteiger partial charge in [0.1, 0.15) is 0 Å². The van der Waals surface area contributed by atoms with Gasteiger partial charge in [0, 0.05) is 17.0 Å². The van der Waals surface area contributed by atoms with Crippen molar-refractivity contribution in [3.05, 3.63) is 34.9 Å². The first kappa shape index (κ1) is 15.3. The smallest absolute Gasteiger partial charge is 0.223 e. The van der Waals surface area contributed by atoms with Gasteiger partial charge in [0.25, 0.3) is 0 Å². The van der Waals surface area contributed by atoms with Crippen molar-refractivity contribution in [1.29, 1.82) is 0 Å². The number of carbonyl (C=O) groups is 1. The highest BCUT2D eigenvalue weighted by Gasteiger charge is 2.32. The Balaban J connectivity index is 1.89. The summed E-state index contributed by atoms with van der Waals surface area (Å²) in [5.41, 5.74) is 6.81. The highest BCUT2D eigenvalue weighted by Crippen LogP contribution is 2.31. The summed E-state index contributed by atoms with van der Waals surface area (Å²) in [5, 5.41) is 3.87. The molecule has 0 radical (unpaired) electrons. The molecule has 3 N–H and O–H groups in total. The Labute approximate surface area is 125 Å². The quantitative estimate of drug-likeness (QED) is 0.877. The molecule has 0 spiro atoms. The van der Waals surface area contributed by atoms with Crippen LogP contribution in [0.25, 0.3) is 0 Å². The van der Waals surface area contributed by atoms with E-state index in [1.165, 1.54) is 0 Å². The molecule has 2 rings (SSSR count). The van der Waals surface area contributed by atoms with Gasteiger partial charge >= 0.3 is 0 Å². The summed E-state index contributed by atoms with van der Waals surface area (Å²) in [7, 11) is 0. The van der Waals surface area contributed by atoms with Crippen LogP contribution in [0.3, 0.4) is 0 Å². The molecule has 3 atom stereocenters. The van der Waals surface area contributed by atoms with Crippen molar-refractivity contribution in [2.75, 3.05) is 6.54 Å². The molecule has 0 heterocycles. The van der Waals surface area contributed by atoms with Gasteiger partial charge in [-0.1, -0.05) is 36.2 Å². The van der Waals surface area contributed by atoms with Crippen molar-refractivity contribution in [2.45, 2.75) is 38.6 Å². The van der Waals surface area contributed by atoms with E-state index in [0.29, 0.717) is 12.5 Å². The summed E-state index contributed by atoms with van der Waals surface area (Å²) >= 11 is 6.15. The second kappa shape index (κ2) is 7.09. The number of carbonyl (C=O) groups excluding carboxylic acids is 1. The van der Waals surface area contributed by atoms with E-state index in [1.54, 1.807) is 0 Å². The summed E-state index contributed by atoms with van der Waals surface area (Å²) in [6, 6.07) is 7.86. The minimum absolute atomic E-state index is 0.0847. The molecule has 1 aliphatic rings. The monoisotopic (exact) mass is 294 g/mol. The lowest BCUT2D eigenvalue weighted by molar-refractivity contribution is -0.126. The lowest BCUT2D eigenvalue weighted by Gasteiger charge is -2.21. The maximum Gasteiger partial charge on any atom is 0.223 e. The first-order valence-electron chi connectivity index (χ1n) is 7.35. The number of nitrogens with one attached hydrogen (secondary N) is 1. The normalized spacial score (nSPS) is 23.6. The van der Waals surface area contributed by atoms with E-state index < -0.39 is 0 Å². The van der Waals surface area contributed by atoms with E-state index in [2.05, 4.69) is 5.32 Å². The van der Waals surface area contributed by atoms with Crippen LogP contribution in [0.1, 0.15) is 31.7 Å². The number of halogens is 1. The average Bonchev–Trinajstić information content (AvgIpc) is 2.89. The first-order chi connectivity index (χ1) is 9.61. The third-order valence-corrected chi connectivity index (χ3v) is 4.54. The van der Waals surface area contributed by atoms with Crippen LogP contribution < -0.4 is 11.1 Å². The molecule has 0 aromatic heterocycles. The molecular weight excluding hydrogens is 272 g/mol. The van der Waals surface area contributed by atoms with Crippen molar-refractivity contribution < 1.29 is 4.79 Å². The standard InChI is InChI=1S/C16H23ClN2O/c1-11(9-12-5-2-3-8-15(12)17)19-16(20)14-7-4-6-13(14)10-18/h2-3,5,8,11,13-14H,4,6-7,9-10,18H2,1H3,(H,19,20). The van der Waals surface area contributed by atoms with Gasteiger partial charge in [-0.3, -0.25) is 4.79 Å². The van der Waals surface area contributed by atoms with Gasteiger partial charge in [-0.25, -0.2) is 0 Å². The second-order valence-corrected chi connectivity index (χ2v) is 6.15. The Morgan fingerprint density at radius 1 is 1.45 bits per heavy atom. The Morgan fingerprint density at radius 2 is 2.20 bits per heavy atom. The van der Waals surface area contributed by atoms with E-state index in [0.717, 1.165) is 36.3 Å². The number of nitrogens with two attached hydrogens (primary N) is 1. The zero-order valence-corrected chi connectivity index (χ0v) is 12.7. The largest absolute Gasteiger partial charge is 0.353 e. The summed E-state index contributed by atoms with van der Waals surface area (Å²) in [4.78, 5) is 12.3. The molecule has 4 heteroatoms. The molecule has 1 aromatic rings. The molecule has 1 aliphatic carbocycles. The van der Waals surface area contributed by atoms with Crippen LogP contribution in [-0.4, -0.2) is 18.5 Å². The highest BCUT2D eigenvalue weighted by atomic mass is 35.5. The number of hydrogen-bond acceptors (Lipinski definition) is 2. The summed E-state index contributed by atoms with van der Waals surface area (Å²) in [5.74, 6) is 0.591. The maximum absolute atomic E-state index is 12.3. The van der Waals surface area contributed by atoms with E-state index in [4.69, 9.17) is 17.3 Å². The number of hydrogen-bond donors (Lipinski definition) is 2. The second-order valence-electron chi connectivity index (χ2n) is 5.74. The molecule has 0 saturated heterocycles. The summed E-state index contributed by atoms with van der Waals surface area (Å²) in [6.45, 7) is 2.63. The van der Waals surface area contributed by atoms with Crippen LogP contribution in [0.2, 0.25) is 5.02 Å². The molecule has 110 valence electrons. The van der Waals surface area contributed by atoms with E-state index in [-0.39, 0.29) is 17.9 Å².